The Bertz CT molecular complexity index is 369. The van der Waals surface area contributed by atoms with Crippen molar-refractivity contribution >= 4 is 11.9 Å². The third kappa shape index (κ3) is 1.76. The van der Waals surface area contributed by atoms with E-state index < -0.39 is 23.3 Å². The van der Waals surface area contributed by atoms with Crippen molar-refractivity contribution in [3.8, 4) is 5.75 Å². The lowest BCUT2D eigenvalue weighted by molar-refractivity contribution is 0.0693. The zero-order valence-electron chi connectivity index (χ0n) is 6.31. The molecule has 0 atom stereocenters. The summed E-state index contributed by atoms with van der Waals surface area (Å²) in [6.45, 7) is 0. The first-order valence-corrected chi connectivity index (χ1v) is 3.23. The van der Waals surface area contributed by atoms with Crippen LogP contribution in [0.5, 0.6) is 5.75 Å². The quantitative estimate of drug-likeness (QED) is 0.620. The normalized spacial score (nSPS) is 9.54. The van der Waals surface area contributed by atoms with Crippen LogP contribution in [0.1, 0.15) is 20.7 Å². The molecule has 5 heteroatoms. The number of aromatic carboxylic acids is 2. The molecule has 67 valence electrons. The third-order valence-electron chi connectivity index (χ3n) is 1.39. The van der Waals surface area contributed by atoms with E-state index in [1.807, 2.05) is 0 Å². The molecule has 1 rings (SSSR count). The van der Waals surface area contributed by atoms with Crippen LogP contribution in [0.15, 0.2) is 12.1 Å². The Morgan fingerprint density at radius 3 is 2.31 bits per heavy atom. The lowest BCUT2D eigenvalue weighted by Gasteiger charge is -1.99. The second kappa shape index (κ2) is 3.14. The first kappa shape index (κ1) is 9.05. The SMILES string of the molecule is O=C(O)c1[c]cc(O)c(C(=O)O)c1. The molecule has 0 saturated carbocycles. The van der Waals surface area contributed by atoms with Crippen LogP contribution in [0, 0.1) is 6.07 Å². The minimum atomic E-state index is -1.38. The van der Waals surface area contributed by atoms with Crippen molar-refractivity contribution in [2.45, 2.75) is 0 Å². The summed E-state index contributed by atoms with van der Waals surface area (Å²) >= 11 is 0. The summed E-state index contributed by atoms with van der Waals surface area (Å²) in [5.74, 6) is -3.17. The Kier molecular flexibility index (Phi) is 2.19. The molecule has 1 aromatic rings. The Hall–Kier alpha value is -2.04. The monoisotopic (exact) mass is 181 g/mol. The molecular weight excluding hydrogens is 176 g/mol. The van der Waals surface area contributed by atoms with Gasteiger partial charge < -0.3 is 15.3 Å². The molecule has 1 radical (unpaired) electrons. The summed E-state index contributed by atoms with van der Waals surface area (Å²) in [4.78, 5) is 20.8. The van der Waals surface area contributed by atoms with Gasteiger partial charge in [-0.25, -0.2) is 9.59 Å². The van der Waals surface area contributed by atoms with E-state index >= 15 is 0 Å². The summed E-state index contributed by atoms with van der Waals surface area (Å²) in [7, 11) is 0. The predicted molar refractivity (Wildman–Crippen MR) is 40.9 cm³/mol. The van der Waals surface area contributed by atoms with Gasteiger partial charge in [0.15, 0.2) is 0 Å². The molecule has 1 aromatic carbocycles. The van der Waals surface area contributed by atoms with Crippen LogP contribution in [-0.4, -0.2) is 27.3 Å². The van der Waals surface area contributed by atoms with Crippen molar-refractivity contribution in [2.24, 2.45) is 0 Å². The number of rotatable bonds is 2. The van der Waals surface area contributed by atoms with Crippen molar-refractivity contribution in [3.63, 3.8) is 0 Å². The van der Waals surface area contributed by atoms with Crippen LogP contribution in [0.2, 0.25) is 0 Å². The van der Waals surface area contributed by atoms with Crippen molar-refractivity contribution in [1.82, 2.24) is 0 Å². The fourth-order valence-electron chi connectivity index (χ4n) is 0.779. The number of carbonyl (C=O) groups is 2. The topological polar surface area (TPSA) is 94.8 Å². The standard InChI is InChI=1S/C8H5O5/c9-6-2-1-4(7(10)11)3-5(6)8(12)13/h2-3,9H,(H,10,11)(H,12,13). The van der Waals surface area contributed by atoms with Gasteiger partial charge in [0.1, 0.15) is 11.3 Å². The minimum absolute atomic E-state index is 0.296. The second-order valence-corrected chi connectivity index (χ2v) is 2.26. The van der Waals surface area contributed by atoms with Crippen molar-refractivity contribution in [1.29, 1.82) is 0 Å². The highest BCUT2D eigenvalue weighted by molar-refractivity contribution is 5.95. The number of hydrogen-bond acceptors (Lipinski definition) is 3. The van der Waals surface area contributed by atoms with Gasteiger partial charge >= 0.3 is 11.9 Å². The van der Waals surface area contributed by atoms with Gasteiger partial charge in [-0.2, -0.15) is 0 Å². The van der Waals surface area contributed by atoms with E-state index in [1.54, 1.807) is 0 Å². The Morgan fingerprint density at radius 2 is 1.85 bits per heavy atom. The molecule has 0 aromatic heterocycles. The minimum Gasteiger partial charge on any atom is -0.507 e. The highest BCUT2D eigenvalue weighted by Crippen LogP contribution is 2.17. The maximum Gasteiger partial charge on any atom is 0.339 e. The summed E-state index contributed by atoms with van der Waals surface area (Å²) in [5.41, 5.74) is -0.744. The summed E-state index contributed by atoms with van der Waals surface area (Å²) in [5, 5.41) is 26.0. The molecule has 0 heterocycles. The lowest BCUT2D eigenvalue weighted by Crippen LogP contribution is -2.02. The fourth-order valence-corrected chi connectivity index (χ4v) is 0.779. The zero-order valence-corrected chi connectivity index (χ0v) is 6.31. The summed E-state index contributed by atoms with van der Waals surface area (Å²) in [6, 6.07) is 3.98. The fraction of sp³-hybridized carbons (Fsp3) is 0. The van der Waals surface area contributed by atoms with E-state index in [1.165, 1.54) is 0 Å². The van der Waals surface area contributed by atoms with Gasteiger partial charge in [-0.3, -0.25) is 0 Å². The molecule has 0 fully saturated rings. The Morgan fingerprint density at radius 1 is 1.23 bits per heavy atom. The molecule has 13 heavy (non-hydrogen) atoms. The molecular formula is C8H5O5. The number of carboxylic acids is 2. The molecule has 5 nitrogen and oxygen atoms in total. The van der Waals surface area contributed by atoms with Crippen LogP contribution in [-0.2, 0) is 0 Å². The van der Waals surface area contributed by atoms with E-state index in [0.29, 0.717) is 0 Å². The number of phenols is 1. The van der Waals surface area contributed by atoms with Gasteiger partial charge in [0.05, 0.1) is 5.56 Å². The smallest absolute Gasteiger partial charge is 0.339 e. The lowest BCUT2D eigenvalue weighted by atomic mass is 10.1. The van der Waals surface area contributed by atoms with Gasteiger partial charge in [0.25, 0.3) is 0 Å². The number of carboxylic acid groups (broad SMARTS) is 2. The van der Waals surface area contributed by atoms with E-state index in [0.717, 1.165) is 12.1 Å². The van der Waals surface area contributed by atoms with Crippen molar-refractivity contribution in [2.75, 3.05) is 0 Å². The van der Waals surface area contributed by atoms with E-state index in [-0.39, 0.29) is 5.56 Å². The average molecular weight is 181 g/mol. The van der Waals surface area contributed by atoms with Crippen LogP contribution in [0.4, 0.5) is 0 Å². The molecule has 0 aliphatic heterocycles. The highest BCUT2D eigenvalue weighted by atomic mass is 16.4. The van der Waals surface area contributed by atoms with E-state index in [2.05, 4.69) is 6.07 Å². The van der Waals surface area contributed by atoms with Crippen LogP contribution >= 0.6 is 0 Å². The zero-order chi connectivity index (χ0) is 10.0. The van der Waals surface area contributed by atoms with Gasteiger partial charge in [0, 0.05) is 6.07 Å². The van der Waals surface area contributed by atoms with Crippen LogP contribution in [0.3, 0.4) is 0 Å². The summed E-state index contributed by atoms with van der Waals surface area (Å²) < 4.78 is 0. The van der Waals surface area contributed by atoms with Crippen LogP contribution < -0.4 is 0 Å². The Balaban J connectivity index is 3.27. The number of aromatic hydroxyl groups is 1. The third-order valence-corrected chi connectivity index (χ3v) is 1.39. The predicted octanol–water partition coefficient (Wildman–Crippen LogP) is 0.589. The summed E-state index contributed by atoms with van der Waals surface area (Å²) in [6.07, 6.45) is 0. The first-order chi connectivity index (χ1) is 6.02. The van der Waals surface area contributed by atoms with Crippen LogP contribution in [0.25, 0.3) is 0 Å². The molecule has 3 N–H and O–H groups in total. The van der Waals surface area contributed by atoms with Gasteiger partial charge in [-0.1, -0.05) is 0 Å². The maximum absolute atomic E-state index is 10.4. The molecule has 0 aliphatic rings. The van der Waals surface area contributed by atoms with Crippen molar-refractivity contribution in [3.05, 3.63) is 29.3 Å². The average Bonchev–Trinajstić information content (AvgIpc) is 2.04. The Labute approximate surface area is 72.9 Å². The molecule has 0 spiro atoms. The first-order valence-electron chi connectivity index (χ1n) is 3.23. The van der Waals surface area contributed by atoms with Gasteiger partial charge in [-0.05, 0) is 12.1 Å². The molecule has 0 unspecified atom stereocenters. The molecule has 0 bridgehead atoms. The van der Waals surface area contributed by atoms with Gasteiger partial charge in [-0.15, -0.1) is 0 Å². The molecule has 0 amide bonds. The number of benzene rings is 1. The number of hydrogen-bond donors (Lipinski definition) is 3. The van der Waals surface area contributed by atoms with E-state index in [4.69, 9.17) is 15.3 Å². The molecule has 0 saturated heterocycles. The van der Waals surface area contributed by atoms with E-state index in [9.17, 15) is 9.59 Å². The second-order valence-electron chi connectivity index (χ2n) is 2.26. The van der Waals surface area contributed by atoms with Gasteiger partial charge in [0.2, 0.25) is 0 Å². The largest absolute Gasteiger partial charge is 0.507 e. The maximum atomic E-state index is 10.4. The molecule has 0 aliphatic carbocycles. The van der Waals surface area contributed by atoms with Crippen molar-refractivity contribution < 1.29 is 24.9 Å². The highest BCUT2D eigenvalue weighted by Gasteiger charge is 2.13.